The summed E-state index contributed by atoms with van der Waals surface area (Å²) < 4.78 is 7.00. The number of aromatic nitrogens is 2. The standard InChI is InChI=1S/C16H21N3O2/c1-16(2,3)21-15(20)17-9-5-6-12-7-8-13-11-18-19(4)14(13)10-12/h5-8,10-11H,9H2,1-4H3,(H,17,20). The van der Waals surface area contributed by atoms with E-state index in [2.05, 4.69) is 16.5 Å². The number of nitrogens with one attached hydrogen (secondary N) is 1. The molecular weight excluding hydrogens is 266 g/mol. The number of nitrogens with zero attached hydrogens (tertiary/aromatic N) is 2. The number of aryl methyl sites for hydroxylation is 1. The number of hydrogen-bond acceptors (Lipinski definition) is 3. The van der Waals surface area contributed by atoms with Gasteiger partial charge in [0.05, 0.1) is 11.7 Å². The van der Waals surface area contributed by atoms with Crippen molar-refractivity contribution in [2.75, 3.05) is 6.54 Å². The lowest BCUT2D eigenvalue weighted by molar-refractivity contribution is 0.0534. The van der Waals surface area contributed by atoms with Gasteiger partial charge in [-0.25, -0.2) is 4.79 Å². The Labute approximate surface area is 124 Å². The molecule has 0 saturated carbocycles. The molecule has 0 aliphatic carbocycles. The van der Waals surface area contributed by atoms with Crippen LogP contribution in [0.25, 0.3) is 17.0 Å². The maximum absolute atomic E-state index is 11.5. The molecule has 0 fully saturated rings. The number of carbonyl (C=O) groups is 1. The molecule has 21 heavy (non-hydrogen) atoms. The van der Waals surface area contributed by atoms with Gasteiger partial charge in [-0.05, 0) is 32.4 Å². The van der Waals surface area contributed by atoms with E-state index in [0.717, 1.165) is 16.5 Å². The van der Waals surface area contributed by atoms with Crippen LogP contribution in [0.3, 0.4) is 0 Å². The number of hydrogen-bond donors (Lipinski definition) is 1. The van der Waals surface area contributed by atoms with Crippen LogP contribution in [0.2, 0.25) is 0 Å². The number of ether oxygens (including phenoxy) is 1. The predicted octanol–water partition coefficient (Wildman–Crippen LogP) is 3.11. The highest BCUT2D eigenvalue weighted by Gasteiger charge is 2.14. The molecule has 5 heteroatoms. The normalized spacial score (nSPS) is 12.0. The molecule has 2 aromatic rings. The molecule has 1 N–H and O–H groups in total. The van der Waals surface area contributed by atoms with Crippen LogP contribution in [0.15, 0.2) is 30.5 Å². The van der Waals surface area contributed by atoms with Crippen LogP contribution in [-0.4, -0.2) is 28.0 Å². The summed E-state index contributed by atoms with van der Waals surface area (Å²) in [6.07, 6.45) is 5.28. The van der Waals surface area contributed by atoms with Crippen molar-refractivity contribution in [1.82, 2.24) is 15.1 Å². The first kappa shape index (κ1) is 15.1. The van der Waals surface area contributed by atoms with Crippen molar-refractivity contribution in [3.8, 4) is 0 Å². The fourth-order valence-corrected chi connectivity index (χ4v) is 1.92. The van der Waals surface area contributed by atoms with Gasteiger partial charge in [0.1, 0.15) is 5.60 Å². The highest BCUT2D eigenvalue weighted by atomic mass is 16.6. The summed E-state index contributed by atoms with van der Waals surface area (Å²) in [7, 11) is 1.92. The first-order valence-corrected chi connectivity index (χ1v) is 6.90. The van der Waals surface area contributed by atoms with E-state index in [1.807, 2.05) is 63.0 Å². The molecule has 0 spiro atoms. The van der Waals surface area contributed by atoms with Crippen molar-refractivity contribution in [2.45, 2.75) is 26.4 Å². The van der Waals surface area contributed by atoms with E-state index >= 15 is 0 Å². The maximum Gasteiger partial charge on any atom is 0.407 e. The van der Waals surface area contributed by atoms with Gasteiger partial charge in [-0.3, -0.25) is 4.68 Å². The quantitative estimate of drug-likeness (QED) is 0.943. The van der Waals surface area contributed by atoms with Crippen molar-refractivity contribution in [3.63, 3.8) is 0 Å². The van der Waals surface area contributed by atoms with Crippen LogP contribution in [-0.2, 0) is 11.8 Å². The number of alkyl carbamates (subject to hydrolysis) is 1. The smallest absolute Gasteiger partial charge is 0.407 e. The molecule has 0 aliphatic rings. The molecule has 5 nitrogen and oxygen atoms in total. The van der Waals surface area contributed by atoms with Gasteiger partial charge >= 0.3 is 6.09 Å². The van der Waals surface area contributed by atoms with E-state index in [1.54, 1.807) is 0 Å². The van der Waals surface area contributed by atoms with Crippen LogP contribution < -0.4 is 5.32 Å². The fourth-order valence-electron chi connectivity index (χ4n) is 1.92. The Balaban J connectivity index is 1.91. The molecule has 112 valence electrons. The number of rotatable bonds is 3. The molecule has 2 rings (SSSR count). The monoisotopic (exact) mass is 287 g/mol. The number of amides is 1. The minimum atomic E-state index is -0.474. The lowest BCUT2D eigenvalue weighted by atomic mass is 10.1. The zero-order chi connectivity index (χ0) is 15.5. The zero-order valence-electron chi connectivity index (χ0n) is 12.9. The summed E-state index contributed by atoms with van der Waals surface area (Å²) in [4.78, 5) is 11.5. The molecule has 0 unspecified atom stereocenters. The predicted molar refractivity (Wildman–Crippen MR) is 84.0 cm³/mol. The molecule has 1 aromatic heterocycles. The lowest BCUT2D eigenvalue weighted by Crippen LogP contribution is -2.32. The van der Waals surface area contributed by atoms with E-state index in [0.29, 0.717) is 6.54 Å². The second-order valence-electron chi connectivity index (χ2n) is 5.87. The summed E-state index contributed by atoms with van der Waals surface area (Å²) in [5.74, 6) is 0. The average molecular weight is 287 g/mol. The second-order valence-corrected chi connectivity index (χ2v) is 5.87. The third-order valence-electron chi connectivity index (χ3n) is 2.85. The zero-order valence-corrected chi connectivity index (χ0v) is 12.9. The van der Waals surface area contributed by atoms with Crippen molar-refractivity contribution in [2.24, 2.45) is 7.05 Å². The number of carbonyl (C=O) groups excluding carboxylic acids is 1. The number of benzene rings is 1. The van der Waals surface area contributed by atoms with Crippen LogP contribution in [0.4, 0.5) is 4.79 Å². The Kier molecular flexibility index (Phi) is 4.31. The molecule has 0 atom stereocenters. The Morgan fingerprint density at radius 3 is 2.90 bits per heavy atom. The van der Waals surface area contributed by atoms with E-state index in [1.165, 1.54) is 0 Å². The second kappa shape index (κ2) is 5.99. The molecule has 0 radical (unpaired) electrons. The summed E-state index contributed by atoms with van der Waals surface area (Å²) in [6, 6.07) is 6.11. The van der Waals surface area contributed by atoms with E-state index in [4.69, 9.17) is 4.74 Å². The van der Waals surface area contributed by atoms with E-state index in [9.17, 15) is 4.79 Å². The van der Waals surface area contributed by atoms with Gasteiger partial charge in [-0.2, -0.15) is 5.10 Å². The molecule has 0 aliphatic heterocycles. The Morgan fingerprint density at radius 1 is 1.43 bits per heavy atom. The van der Waals surface area contributed by atoms with Crippen molar-refractivity contribution in [3.05, 3.63) is 36.0 Å². The minimum absolute atomic E-state index is 0.408. The Morgan fingerprint density at radius 2 is 2.19 bits per heavy atom. The molecule has 1 aromatic carbocycles. The largest absolute Gasteiger partial charge is 0.444 e. The van der Waals surface area contributed by atoms with E-state index in [-0.39, 0.29) is 0 Å². The maximum atomic E-state index is 11.5. The first-order valence-electron chi connectivity index (χ1n) is 6.90. The van der Waals surface area contributed by atoms with Crippen molar-refractivity contribution >= 4 is 23.1 Å². The Hall–Kier alpha value is -2.30. The first-order chi connectivity index (χ1) is 9.85. The van der Waals surface area contributed by atoms with Gasteiger partial charge in [-0.1, -0.05) is 24.3 Å². The average Bonchev–Trinajstić information content (AvgIpc) is 2.74. The highest BCUT2D eigenvalue weighted by molar-refractivity contribution is 5.81. The van der Waals surface area contributed by atoms with Crippen molar-refractivity contribution in [1.29, 1.82) is 0 Å². The topological polar surface area (TPSA) is 56.2 Å². The summed E-state index contributed by atoms with van der Waals surface area (Å²) >= 11 is 0. The SMILES string of the molecule is Cn1ncc2ccc(C=CCNC(=O)OC(C)(C)C)cc21. The fraction of sp³-hybridized carbons (Fsp3) is 0.375. The van der Waals surface area contributed by atoms with Gasteiger partial charge in [0.2, 0.25) is 0 Å². The van der Waals surface area contributed by atoms with E-state index < -0.39 is 11.7 Å². The third kappa shape index (κ3) is 4.34. The summed E-state index contributed by atoms with van der Waals surface area (Å²) in [6.45, 7) is 5.95. The lowest BCUT2D eigenvalue weighted by Gasteiger charge is -2.19. The molecular formula is C16H21N3O2. The van der Waals surface area contributed by atoms with Gasteiger partial charge in [0.25, 0.3) is 0 Å². The van der Waals surface area contributed by atoms with Crippen LogP contribution >= 0.6 is 0 Å². The van der Waals surface area contributed by atoms with Gasteiger partial charge in [0, 0.05) is 19.0 Å². The summed E-state index contributed by atoms with van der Waals surface area (Å²) in [5.41, 5.74) is 1.67. The molecule has 1 amide bonds. The van der Waals surface area contributed by atoms with Crippen LogP contribution in [0, 0.1) is 0 Å². The van der Waals surface area contributed by atoms with Crippen molar-refractivity contribution < 1.29 is 9.53 Å². The highest BCUT2D eigenvalue weighted by Crippen LogP contribution is 2.15. The van der Waals surface area contributed by atoms with Gasteiger partial charge in [0.15, 0.2) is 0 Å². The number of fused-ring (bicyclic) bond motifs is 1. The molecule has 0 saturated heterocycles. The van der Waals surface area contributed by atoms with Gasteiger partial charge < -0.3 is 10.1 Å². The molecule has 1 heterocycles. The van der Waals surface area contributed by atoms with Gasteiger partial charge in [-0.15, -0.1) is 0 Å². The third-order valence-corrected chi connectivity index (χ3v) is 2.85. The van der Waals surface area contributed by atoms with Crippen LogP contribution in [0.1, 0.15) is 26.3 Å². The molecule has 0 bridgehead atoms. The van der Waals surface area contributed by atoms with Crippen LogP contribution in [0.5, 0.6) is 0 Å². The minimum Gasteiger partial charge on any atom is -0.444 e. The summed E-state index contributed by atoms with van der Waals surface area (Å²) in [5, 5.41) is 8.01. The Bertz CT molecular complexity index is 666.